The van der Waals surface area contributed by atoms with Crippen molar-refractivity contribution in [2.45, 2.75) is 56.7 Å². The van der Waals surface area contributed by atoms with Crippen LogP contribution >= 0.6 is 0 Å². The van der Waals surface area contributed by atoms with Gasteiger partial charge in [0, 0.05) is 34.5 Å². The van der Waals surface area contributed by atoms with Crippen LogP contribution < -0.4 is 0 Å². The van der Waals surface area contributed by atoms with Gasteiger partial charge in [0.1, 0.15) is 17.8 Å². The van der Waals surface area contributed by atoms with Crippen LogP contribution in [-0.2, 0) is 34.6 Å². The Morgan fingerprint density at radius 1 is 1.32 bits per heavy atom. The highest BCUT2D eigenvalue weighted by Crippen LogP contribution is 2.72. The molecule has 9 atom stereocenters. The molecule has 0 bridgehead atoms. The number of aliphatic hydroxyl groups is 1. The van der Waals surface area contributed by atoms with Crippen LogP contribution in [0.3, 0.4) is 0 Å². The summed E-state index contributed by atoms with van der Waals surface area (Å²) in [5.41, 5.74) is -3.18. The van der Waals surface area contributed by atoms with E-state index in [1.54, 1.807) is 0 Å². The Hall–Kier alpha value is -1.51. The third-order valence-electron chi connectivity index (χ3n) is 7.32. The number of carbonyl (C=O) groups excluding carboxylic acids is 2. The number of cyclic esters (lactones) is 1. The molecule has 3 aliphatic heterocycles. The first-order chi connectivity index (χ1) is 13.0. The minimum absolute atomic E-state index is 0.0573. The molecule has 2 saturated heterocycles. The van der Waals surface area contributed by atoms with E-state index in [9.17, 15) is 18.9 Å². The zero-order valence-electron chi connectivity index (χ0n) is 16.3. The van der Waals surface area contributed by atoms with E-state index in [2.05, 4.69) is 0 Å². The van der Waals surface area contributed by atoms with E-state index in [1.807, 2.05) is 26.0 Å². The number of epoxide rings is 1. The quantitative estimate of drug-likeness (QED) is 0.415. The lowest BCUT2D eigenvalue weighted by molar-refractivity contribution is -0.168. The average Bonchev–Trinajstić information content (AvgIpc) is 3.22. The van der Waals surface area contributed by atoms with Crippen molar-refractivity contribution in [3.05, 3.63) is 23.8 Å². The summed E-state index contributed by atoms with van der Waals surface area (Å²) in [6.45, 7) is 5.42. The third kappa shape index (κ3) is 1.99. The molecule has 1 N–H and O–H groups in total. The fraction of sp³-hybridized carbons (Fsp3) is 0.700. The Balaban J connectivity index is 1.68. The van der Waals surface area contributed by atoms with E-state index in [-0.39, 0.29) is 17.6 Å². The summed E-state index contributed by atoms with van der Waals surface area (Å²) in [4.78, 5) is 25.2. The molecule has 1 unspecified atom stereocenters. The predicted molar refractivity (Wildman–Crippen MR) is 98.5 cm³/mol. The summed E-state index contributed by atoms with van der Waals surface area (Å²) < 4.78 is 29.4. The van der Waals surface area contributed by atoms with Gasteiger partial charge in [0.2, 0.25) is 0 Å². The first kappa shape index (κ1) is 18.5. The normalized spacial score (nSPS) is 51.0. The van der Waals surface area contributed by atoms with Crippen LogP contribution in [0.25, 0.3) is 0 Å². The third-order valence-corrected chi connectivity index (χ3v) is 8.31. The molecule has 0 amide bonds. The van der Waals surface area contributed by atoms with Gasteiger partial charge >= 0.3 is 11.9 Å². The van der Waals surface area contributed by atoms with E-state index in [1.165, 1.54) is 19.3 Å². The number of rotatable bonds is 3. The smallest absolute Gasteiger partial charge is 0.331 e. The van der Waals surface area contributed by atoms with Gasteiger partial charge < -0.3 is 19.3 Å². The molecule has 1 spiro atoms. The Bertz CT molecular complexity index is 891. The molecule has 1 saturated carbocycles. The number of ether oxygens (including phenoxy) is 3. The number of hydrogen-bond acceptors (Lipinski definition) is 7. The van der Waals surface area contributed by atoms with Gasteiger partial charge in [-0.3, -0.25) is 9.00 Å². The van der Waals surface area contributed by atoms with Gasteiger partial charge in [-0.1, -0.05) is 19.1 Å². The van der Waals surface area contributed by atoms with E-state index in [0.29, 0.717) is 6.42 Å². The van der Waals surface area contributed by atoms with Crippen molar-refractivity contribution < 1.29 is 33.1 Å². The largest absolute Gasteiger partial charge is 0.458 e. The van der Waals surface area contributed by atoms with Crippen LogP contribution in [0.1, 0.15) is 27.2 Å². The molecular formula is C20H24O7S. The Morgan fingerprint density at radius 2 is 2.04 bits per heavy atom. The summed E-state index contributed by atoms with van der Waals surface area (Å²) in [7, 11) is -1.31. The molecule has 28 heavy (non-hydrogen) atoms. The predicted octanol–water partition coefficient (Wildman–Crippen LogP) is 0.633. The van der Waals surface area contributed by atoms with Gasteiger partial charge in [-0.2, -0.15) is 0 Å². The lowest BCUT2D eigenvalue weighted by Crippen LogP contribution is -2.64. The van der Waals surface area contributed by atoms with Gasteiger partial charge in [0.25, 0.3) is 0 Å². The van der Waals surface area contributed by atoms with E-state index in [4.69, 9.17) is 14.2 Å². The summed E-state index contributed by atoms with van der Waals surface area (Å²) >= 11 is 0. The highest BCUT2D eigenvalue weighted by molar-refractivity contribution is 7.84. The monoisotopic (exact) mass is 408 g/mol. The second kappa shape index (κ2) is 5.15. The van der Waals surface area contributed by atoms with E-state index < -0.39 is 57.1 Å². The number of esters is 2. The van der Waals surface area contributed by atoms with Crippen LogP contribution in [0, 0.1) is 16.7 Å². The molecule has 7 nitrogen and oxygen atoms in total. The summed E-state index contributed by atoms with van der Waals surface area (Å²) in [6, 6.07) is 0. The van der Waals surface area contributed by atoms with Gasteiger partial charge in [-0.25, -0.2) is 4.79 Å². The molecule has 152 valence electrons. The number of fused-ring (bicyclic) bond motifs is 2. The van der Waals surface area contributed by atoms with Crippen molar-refractivity contribution in [3.8, 4) is 0 Å². The minimum atomic E-state index is -1.55. The van der Waals surface area contributed by atoms with Crippen molar-refractivity contribution in [1.82, 2.24) is 0 Å². The standard InChI is InChI=1S/C20H24O7S/c1-17-6-5-7-18(2)13(17)12(26-16(18)22)14-20(27-14)10(17)8-11(21)25-15(20)19(3,23)9-28(4)24/h5,7-8,12-15,23H,6,9H2,1-4H3/t12-,13+,14+,15+,17?,18+,19+,20-,28+/m0/s1. The maximum atomic E-state index is 12.7. The molecule has 3 heterocycles. The van der Waals surface area contributed by atoms with Crippen molar-refractivity contribution in [2.24, 2.45) is 16.7 Å². The molecule has 2 aliphatic carbocycles. The maximum absolute atomic E-state index is 12.7. The van der Waals surface area contributed by atoms with Crippen LogP contribution in [0.5, 0.6) is 0 Å². The lowest BCUT2D eigenvalue weighted by atomic mass is 9.49. The first-order valence-electron chi connectivity index (χ1n) is 9.49. The van der Waals surface area contributed by atoms with Crippen LogP contribution in [0.4, 0.5) is 0 Å². The molecule has 0 aromatic heterocycles. The number of hydrogen-bond donors (Lipinski definition) is 1. The van der Waals surface area contributed by atoms with Crippen molar-refractivity contribution in [1.29, 1.82) is 0 Å². The number of allylic oxidation sites excluding steroid dienone is 1. The fourth-order valence-electron chi connectivity index (χ4n) is 6.38. The first-order valence-corrected chi connectivity index (χ1v) is 11.2. The Morgan fingerprint density at radius 3 is 2.71 bits per heavy atom. The van der Waals surface area contributed by atoms with Gasteiger partial charge in [0.05, 0.1) is 11.2 Å². The molecular weight excluding hydrogens is 384 g/mol. The summed E-state index contributed by atoms with van der Waals surface area (Å²) in [5, 5.41) is 11.1. The molecule has 0 aromatic rings. The topological polar surface area (TPSA) is 102 Å². The number of carbonyl (C=O) groups is 2. The molecule has 3 fully saturated rings. The van der Waals surface area contributed by atoms with Crippen LogP contribution in [0.15, 0.2) is 23.8 Å². The second-order valence-corrected chi connectivity index (χ2v) is 10.9. The Labute approximate surface area is 165 Å². The van der Waals surface area contributed by atoms with E-state index in [0.717, 1.165) is 5.57 Å². The van der Waals surface area contributed by atoms with E-state index >= 15 is 0 Å². The lowest BCUT2D eigenvalue weighted by Gasteiger charge is -2.53. The Kier molecular flexibility index (Phi) is 3.40. The highest BCUT2D eigenvalue weighted by atomic mass is 32.2. The van der Waals surface area contributed by atoms with Crippen LogP contribution in [0.2, 0.25) is 0 Å². The van der Waals surface area contributed by atoms with Crippen LogP contribution in [-0.4, -0.2) is 62.8 Å². The average molecular weight is 408 g/mol. The zero-order valence-corrected chi connectivity index (χ0v) is 17.1. The molecule has 5 aliphatic rings. The molecule has 0 aromatic carbocycles. The fourth-order valence-corrected chi connectivity index (χ4v) is 7.36. The zero-order chi connectivity index (χ0) is 20.3. The summed E-state index contributed by atoms with van der Waals surface area (Å²) in [5.74, 6) is -1.07. The summed E-state index contributed by atoms with van der Waals surface area (Å²) in [6.07, 6.45) is 5.47. The second-order valence-electron chi connectivity index (χ2n) is 9.44. The molecule has 8 heteroatoms. The minimum Gasteiger partial charge on any atom is -0.458 e. The van der Waals surface area contributed by atoms with Crippen molar-refractivity contribution in [2.75, 3.05) is 12.0 Å². The highest BCUT2D eigenvalue weighted by Gasteiger charge is 2.83. The maximum Gasteiger partial charge on any atom is 0.331 e. The van der Waals surface area contributed by atoms with Gasteiger partial charge in [0.15, 0.2) is 11.7 Å². The molecule has 0 radical (unpaired) electrons. The SMILES string of the molecule is C[S@@](=O)C[C@@](C)(O)[C@H]1OC(=O)C=C2C3(C)CC=C[C@@]4(C)C(=O)O[C@H]([C@H]5O[C@@]251)[C@H]34. The van der Waals surface area contributed by atoms with Gasteiger partial charge in [-0.15, -0.1) is 0 Å². The molecule has 5 rings (SSSR count). The van der Waals surface area contributed by atoms with Crippen molar-refractivity contribution in [3.63, 3.8) is 0 Å². The van der Waals surface area contributed by atoms with Crippen molar-refractivity contribution >= 4 is 22.7 Å². The van der Waals surface area contributed by atoms with Gasteiger partial charge in [-0.05, 0) is 25.8 Å².